The number of rotatable bonds is 7. The van der Waals surface area contributed by atoms with Gasteiger partial charge >= 0.3 is 12.1 Å². The summed E-state index contributed by atoms with van der Waals surface area (Å²) in [5, 5.41) is 8.86. The molecule has 1 aromatic rings. The second kappa shape index (κ2) is 6.81. The van der Waals surface area contributed by atoms with Gasteiger partial charge in [-0.15, -0.1) is 0 Å². The van der Waals surface area contributed by atoms with Crippen LogP contribution in [0.15, 0.2) is 12.4 Å². The summed E-state index contributed by atoms with van der Waals surface area (Å²) in [6, 6.07) is 0. The van der Waals surface area contributed by atoms with Crippen LogP contribution in [-0.4, -0.2) is 15.6 Å². The molecule has 1 unspecified atom stereocenters. The minimum Gasteiger partial charge on any atom is -0.478 e. The third kappa shape index (κ3) is 4.28. The number of hydrogen-bond donors (Lipinski definition) is 1. The normalized spacial score (nSPS) is 13.4. The number of halogens is 3. The first kappa shape index (κ1) is 16.6. The molecule has 0 aromatic carbocycles. The summed E-state index contributed by atoms with van der Waals surface area (Å²) in [5.41, 5.74) is -1.75. The Labute approximate surface area is 116 Å². The highest BCUT2D eigenvalue weighted by Gasteiger charge is 2.37. The molecule has 0 aliphatic heterocycles. The van der Waals surface area contributed by atoms with Gasteiger partial charge in [-0.3, -0.25) is 0 Å². The number of unbranched alkanes of at least 4 members (excludes halogenated alkanes) is 1. The first-order chi connectivity index (χ1) is 9.29. The summed E-state index contributed by atoms with van der Waals surface area (Å²) >= 11 is 0. The molecule has 1 atom stereocenters. The van der Waals surface area contributed by atoms with Crippen LogP contribution in [0.3, 0.4) is 0 Å². The molecule has 0 saturated carbocycles. The number of hydrogen-bond acceptors (Lipinski definition) is 1. The molecule has 1 rings (SSSR count). The molecule has 0 fully saturated rings. The summed E-state index contributed by atoms with van der Waals surface area (Å²) in [7, 11) is 0. The van der Waals surface area contributed by atoms with Crippen molar-refractivity contribution >= 4 is 5.97 Å². The third-order valence-electron chi connectivity index (χ3n) is 3.43. The highest BCUT2D eigenvalue weighted by atomic mass is 19.4. The van der Waals surface area contributed by atoms with E-state index < -0.39 is 23.3 Å². The Bertz CT molecular complexity index is 452. The Morgan fingerprint density at radius 1 is 1.35 bits per heavy atom. The molecule has 3 nitrogen and oxygen atoms in total. The Morgan fingerprint density at radius 3 is 2.40 bits per heavy atom. The number of aromatic carboxylic acids is 1. The maximum atomic E-state index is 12.8. The van der Waals surface area contributed by atoms with Crippen molar-refractivity contribution in [2.45, 2.75) is 52.3 Å². The Kier molecular flexibility index (Phi) is 5.65. The lowest BCUT2D eigenvalue weighted by molar-refractivity contribution is -0.138. The van der Waals surface area contributed by atoms with Gasteiger partial charge in [0.2, 0.25) is 0 Å². The number of carboxylic acid groups (broad SMARTS) is 1. The molecule has 0 aliphatic carbocycles. The molecule has 1 N–H and O–H groups in total. The molecule has 1 aromatic heterocycles. The SMILES string of the molecule is CCCCC(CC)Cn1cc(C(=O)O)c(C(F)(F)F)c1. The van der Waals surface area contributed by atoms with E-state index in [-0.39, 0.29) is 5.92 Å². The molecule has 0 radical (unpaired) electrons. The van der Waals surface area contributed by atoms with E-state index in [2.05, 4.69) is 6.92 Å². The van der Waals surface area contributed by atoms with Gasteiger partial charge in [-0.05, 0) is 12.3 Å². The summed E-state index contributed by atoms with van der Waals surface area (Å²) in [5.74, 6) is -1.28. The molecule has 1 heterocycles. The van der Waals surface area contributed by atoms with Gasteiger partial charge in [-0.25, -0.2) is 4.79 Å². The van der Waals surface area contributed by atoms with Crippen molar-refractivity contribution in [3.8, 4) is 0 Å². The number of alkyl halides is 3. The molecule has 0 spiro atoms. The monoisotopic (exact) mass is 291 g/mol. The zero-order chi connectivity index (χ0) is 15.3. The summed E-state index contributed by atoms with van der Waals surface area (Å²) in [6.45, 7) is 4.48. The largest absolute Gasteiger partial charge is 0.478 e. The van der Waals surface area contributed by atoms with Crippen LogP contribution in [0, 0.1) is 5.92 Å². The van der Waals surface area contributed by atoms with Crippen molar-refractivity contribution in [2.24, 2.45) is 5.92 Å². The molecule has 0 aliphatic rings. The van der Waals surface area contributed by atoms with E-state index in [1.807, 2.05) is 6.92 Å². The predicted molar refractivity (Wildman–Crippen MR) is 69.7 cm³/mol. The van der Waals surface area contributed by atoms with Crippen LogP contribution in [0.4, 0.5) is 13.2 Å². The van der Waals surface area contributed by atoms with Crippen molar-refractivity contribution in [3.63, 3.8) is 0 Å². The van der Waals surface area contributed by atoms with Gasteiger partial charge in [0, 0.05) is 18.9 Å². The van der Waals surface area contributed by atoms with Crippen LogP contribution < -0.4 is 0 Å². The third-order valence-corrected chi connectivity index (χ3v) is 3.43. The number of nitrogens with zero attached hydrogens (tertiary/aromatic N) is 1. The van der Waals surface area contributed by atoms with Crippen LogP contribution in [0.2, 0.25) is 0 Å². The Balaban J connectivity index is 2.94. The Morgan fingerprint density at radius 2 is 2.00 bits per heavy atom. The van der Waals surface area contributed by atoms with E-state index >= 15 is 0 Å². The summed E-state index contributed by atoms with van der Waals surface area (Å²) in [4.78, 5) is 10.9. The average molecular weight is 291 g/mol. The van der Waals surface area contributed by atoms with Crippen molar-refractivity contribution in [1.29, 1.82) is 0 Å². The zero-order valence-electron chi connectivity index (χ0n) is 11.7. The van der Waals surface area contributed by atoms with E-state index in [0.717, 1.165) is 38.1 Å². The fraction of sp³-hybridized carbons (Fsp3) is 0.643. The number of carboxylic acids is 1. The second-order valence-corrected chi connectivity index (χ2v) is 5.00. The highest BCUT2D eigenvalue weighted by Crippen LogP contribution is 2.33. The lowest BCUT2D eigenvalue weighted by Gasteiger charge is -2.15. The van der Waals surface area contributed by atoms with Gasteiger partial charge in [0.15, 0.2) is 0 Å². The van der Waals surface area contributed by atoms with E-state index in [1.165, 1.54) is 4.57 Å². The maximum absolute atomic E-state index is 12.8. The van der Waals surface area contributed by atoms with Crippen molar-refractivity contribution in [3.05, 3.63) is 23.5 Å². The summed E-state index contributed by atoms with van der Waals surface area (Å²) in [6.07, 6.45) is 1.22. The van der Waals surface area contributed by atoms with Gasteiger partial charge in [0.1, 0.15) is 0 Å². The fourth-order valence-corrected chi connectivity index (χ4v) is 2.23. The Hall–Kier alpha value is -1.46. The van der Waals surface area contributed by atoms with Gasteiger partial charge in [0.25, 0.3) is 0 Å². The van der Waals surface area contributed by atoms with E-state index in [0.29, 0.717) is 6.54 Å². The average Bonchev–Trinajstić information content (AvgIpc) is 2.78. The van der Waals surface area contributed by atoms with Crippen LogP contribution >= 0.6 is 0 Å². The van der Waals surface area contributed by atoms with Gasteiger partial charge in [-0.1, -0.05) is 33.1 Å². The molecule has 0 saturated heterocycles. The van der Waals surface area contributed by atoms with Gasteiger partial charge in [0.05, 0.1) is 11.1 Å². The topological polar surface area (TPSA) is 42.2 Å². The van der Waals surface area contributed by atoms with E-state index in [1.54, 1.807) is 0 Å². The molecule has 20 heavy (non-hydrogen) atoms. The van der Waals surface area contributed by atoms with E-state index in [4.69, 9.17) is 5.11 Å². The standard InChI is InChI=1S/C14H20F3NO2/c1-3-5-6-10(4-2)7-18-8-11(13(19)20)12(9-18)14(15,16)17/h8-10H,3-7H2,1-2H3,(H,19,20). The molecule has 0 amide bonds. The van der Waals surface area contributed by atoms with Crippen LogP contribution in [-0.2, 0) is 12.7 Å². The van der Waals surface area contributed by atoms with Crippen LogP contribution in [0.1, 0.15) is 55.5 Å². The number of aromatic nitrogens is 1. The van der Waals surface area contributed by atoms with Gasteiger partial charge < -0.3 is 9.67 Å². The quantitative estimate of drug-likeness (QED) is 0.808. The fourth-order valence-electron chi connectivity index (χ4n) is 2.23. The highest BCUT2D eigenvalue weighted by molar-refractivity contribution is 5.89. The lowest BCUT2D eigenvalue weighted by atomic mass is 9.99. The minimum absolute atomic E-state index is 0.269. The van der Waals surface area contributed by atoms with Crippen molar-refractivity contribution in [2.75, 3.05) is 0 Å². The lowest BCUT2D eigenvalue weighted by Crippen LogP contribution is -2.10. The minimum atomic E-state index is -4.63. The molecule has 0 bridgehead atoms. The van der Waals surface area contributed by atoms with Crippen molar-refractivity contribution in [1.82, 2.24) is 4.57 Å². The first-order valence-corrected chi connectivity index (χ1v) is 6.79. The first-order valence-electron chi connectivity index (χ1n) is 6.79. The van der Waals surface area contributed by atoms with E-state index in [9.17, 15) is 18.0 Å². The summed E-state index contributed by atoms with van der Waals surface area (Å²) < 4.78 is 39.7. The molecule has 6 heteroatoms. The van der Waals surface area contributed by atoms with Gasteiger partial charge in [-0.2, -0.15) is 13.2 Å². The molecular formula is C14H20F3NO2. The van der Waals surface area contributed by atoms with Crippen LogP contribution in [0.5, 0.6) is 0 Å². The predicted octanol–water partition coefficient (Wildman–Crippen LogP) is 4.42. The zero-order valence-corrected chi connectivity index (χ0v) is 11.7. The van der Waals surface area contributed by atoms with Crippen LogP contribution in [0.25, 0.3) is 0 Å². The maximum Gasteiger partial charge on any atom is 0.418 e. The second-order valence-electron chi connectivity index (χ2n) is 5.00. The molecular weight excluding hydrogens is 271 g/mol. The smallest absolute Gasteiger partial charge is 0.418 e. The van der Waals surface area contributed by atoms with Crippen molar-refractivity contribution < 1.29 is 23.1 Å². The molecule has 114 valence electrons. The number of carbonyl (C=O) groups is 1.